The zero-order chi connectivity index (χ0) is 20.1. The third-order valence-corrected chi connectivity index (χ3v) is 5.68. The molecular weight excluding hydrogens is 446 g/mol. The number of rotatable bonds is 4. The number of likely N-dealkylation sites (N-methyl/N-ethyl adjacent to an activating group) is 1. The molecule has 3 rings (SSSR count). The minimum atomic E-state index is -0.589. The van der Waals surface area contributed by atoms with E-state index in [1.54, 1.807) is 6.21 Å². The van der Waals surface area contributed by atoms with Crippen LogP contribution in [0.25, 0.3) is 0 Å². The highest BCUT2D eigenvalue weighted by molar-refractivity contribution is 9.10. The topological polar surface area (TPSA) is 86.6 Å². The van der Waals surface area contributed by atoms with Gasteiger partial charge in [-0.25, -0.2) is 4.79 Å². The predicted molar refractivity (Wildman–Crippen MR) is 115 cm³/mol. The third kappa shape index (κ3) is 5.21. The van der Waals surface area contributed by atoms with Crippen LogP contribution in [0.5, 0.6) is 0 Å². The number of nitrogens with one attached hydrogen (secondary N) is 1. The lowest BCUT2D eigenvalue weighted by Crippen LogP contribution is -2.44. The van der Waals surface area contributed by atoms with E-state index in [9.17, 15) is 9.59 Å². The van der Waals surface area contributed by atoms with Gasteiger partial charge in [-0.2, -0.15) is 5.10 Å². The lowest BCUT2D eigenvalue weighted by molar-refractivity contribution is -0.135. The molecule has 1 N–H and O–H groups in total. The molecule has 2 aliphatic rings. The van der Waals surface area contributed by atoms with Gasteiger partial charge in [0.25, 0.3) is 5.91 Å². The van der Waals surface area contributed by atoms with Crippen molar-refractivity contribution in [2.45, 2.75) is 0 Å². The fraction of sp³-hybridized carbons (Fsp3) is 0.333. The number of thioether (sulfide) groups is 1. The average Bonchev–Trinajstić information content (AvgIpc) is 3.02. The largest absolute Gasteiger partial charge is 0.466 e. The van der Waals surface area contributed by atoms with Crippen LogP contribution >= 0.6 is 27.7 Å². The number of carbonyl (C=O) groups is 2. The quantitative estimate of drug-likeness (QED) is 0.315. The van der Waals surface area contributed by atoms with Crippen molar-refractivity contribution in [2.24, 2.45) is 10.2 Å². The number of esters is 1. The molecule has 0 aromatic heterocycles. The number of hydrogen-bond donors (Lipinski definition) is 1. The van der Waals surface area contributed by atoms with Crippen LogP contribution in [0.2, 0.25) is 0 Å². The van der Waals surface area contributed by atoms with E-state index in [-0.39, 0.29) is 4.91 Å². The second-order valence-corrected chi connectivity index (χ2v) is 8.18. The van der Waals surface area contributed by atoms with Gasteiger partial charge in [-0.05, 0) is 30.9 Å². The Labute approximate surface area is 175 Å². The molecule has 1 aromatic carbocycles. The third-order valence-electron chi connectivity index (χ3n) is 4.28. The second-order valence-electron chi connectivity index (χ2n) is 6.23. The van der Waals surface area contributed by atoms with E-state index in [0.717, 1.165) is 59.7 Å². The first-order valence-electron chi connectivity index (χ1n) is 8.59. The summed E-state index contributed by atoms with van der Waals surface area (Å²) in [6.45, 7) is 3.89. The highest BCUT2D eigenvalue weighted by Gasteiger charge is 2.25. The van der Waals surface area contributed by atoms with Gasteiger partial charge in [0.1, 0.15) is 0 Å². The predicted octanol–water partition coefficient (Wildman–Crippen LogP) is 1.81. The lowest BCUT2D eigenvalue weighted by atomic mass is 10.1. The zero-order valence-corrected chi connectivity index (χ0v) is 17.9. The number of carbonyl (C=O) groups excluding carboxylic acids is 2. The fourth-order valence-corrected chi connectivity index (χ4v) is 3.82. The van der Waals surface area contributed by atoms with Gasteiger partial charge in [-0.15, -0.1) is 5.10 Å². The van der Waals surface area contributed by atoms with Crippen molar-refractivity contribution >= 4 is 56.6 Å². The number of amides is 1. The molecule has 1 aromatic rings. The molecule has 0 atom stereocenters. The molecule has 0 unspecified atom stereocenters. The molecule has 8 nitrogen and oxygen atoms in total. The van der Waals surface area contributed by atoms with Crippen LogP contribution in [0.4, 0.5) is 5.69 Å². The number of piperazine rings is 1. The summed E-state index contributed by atoms with van der Waals surface area (Å²) in [4.78, 5) is 28.0. The molecule has 2 fully saturated rings. The highest BCUT2D eigenvalue weighted by atomic mass is 79.9. The van der Waals surface area contributed by atoms with Gasteiger partial charge in [0.05, 0.1) is 18.2 Å². The first-order chi connectivity index (χ1) is 13.5. The smallest absolute Gasteiger partial charge is 0.331 e. The maximum absolute atomic E-state index is 11.8. The van der Waals surface area contributed by atoms with Crippen LogP contribution in [0.3, 0.4) is 0 Å². The van der Waals surface area contributed by atoms with Crippen LogP contribution in [-0.2, 0) is 14.3 Å². The summed E-state index contributed by atoms with van der Waals surface area (Å²) in [6.07, 6.45) is 2.80. The number of hydrogen-bond acceptors (Lipinski definition) is 8. The second kappa shape index (κ2) is 9.35. The van der Waals surface area contributed by atoms with Crippen molar-refractivity contribution in [3.63, 3.8) is 0 Å². The maximum Gasteiger partial charge on any atom is 0.331 e. The SMILES string of the molecule is COC(=O)/C=C1/S/C(=N\N=Cc2ccc(Br)cc2N2CCN(C)CC2)NC1=O. The minimum absolute atomic E-state index is 0.225. The Hall–Kier alpha value is -2.17. The summed E-state index contributed by atoms with van der Waals surface area (Å²) in [6, 6.07) is 6.00. The van der Waals surface area contributed by atoms with Crippen LogP contribution < -0.4 is 10.2 Å². The van der Waals surface area contributed by atoms with Gasteiger partial charge >= 0.3 is 5.97 Å². The van der Waals surface area contributed by atoms with Gasteiger partial charge in [0.2, 0.25) is 0 Å². The Morgan fingerprint density at radius 2 is 2.07 bits per heavy atom. The van der Waals surface area contributed by atoms with Gasteiger partial charge in [-0.3, -0.25) is 10.1 Å². The van der Waals surface area contributed by atoms with Gasteiger partial charge in [-0.1, -0.05) is 22.0 Å². The lowest BCUT2D eigenvalue weighted by Gasteiger charge is -2.34. The molecule has 0 spiro atoms. The highest BCUT2D eigenvalue weighted by Crippen LogP contribution is 2.26. The van der Waals surface area contributed by atoms with Crippen molar-refractivity contribution in [1.82, 2.24) is 10.2 Å². The Balaban J connectivity index is 1.74. The summed E-state index contributed by atoms with van der Waals surface area (Å²) in [5.74, 6) is -0.986. The molecule has 28 heavy (non-hydrogen) atoms. The number of methoxy groups -OCH3 is 1. The summed E-state index contributed by atoms with van der Waals surface area (Å²) >= 11 is 4.58. The molecule has 0 radical (unpaired) electrons. The maximum atomic E-state index is 11.8. The molecule has 0 saturated carbocycles. The minimum Gasteiger partial charge on any atom is -0.466 e. The summed E-state index contributed by atoms with van der Waals surface area (Å²) in [5.41, 5.74) is 2.03. The van der Waals surface area contributed by atoms with Crippen molar-refractivity contribution in [3.05, 3.63) is 39.2 Å². The number of amidine groups is 1. The van der Waals surface area contributed by atoms with Gasteiger partial charge in [0.15, 0.2) is 5.17 Å². The molecule has 0 aliphatic carbocycles. The Morgan fingerprint density at radius 1 is 1.32 bits per heavy atom. The number of halogens is 1. The normalized spacial score (nSPS) is 21.0. The van der Waals surface area contributed by atoms with Crippen LogP contribution in [0.15, 0.2) is 43.9 Å². The molecule has 148 valence electrons. The first kappa shape index (κ1) is 20.6. The monoisotopic (exact) mass is 465 g/mol. The zero-order valence-electron chi connectivity index (χ0n) is 15.5. The van der Waals surface area contributed by atoms with E-state index >= 15 is 0 Å². The average molecular weight is 466 g/mol. The van der Waals surface area contributed by atoms with E-state index in [1.165, 1.54) is 7.11 Å². The van der Waals surface area contributed by atoms with Crippen LogP contribution in [-0.4, -0.2) is 68.5 Å². The summed E-state index contributed by atoms with van der Waals surface area (Å²) in [7, 11) is 3.37. The van der Waals surface area contributed by atoms with Gasteiger partial charge in [0, 0.05) is 48.0 Å². The van der Waals surface area contributed by atoms with Crippen LogP contribution in [0.1, 0.15) is 5.56 Å². The van der Waals surface area contributed by atoms with Crippen molar-refractivity contribution in [2.75, 3.05) is 45.2 Å². The Kier molecular flexibility index (Phi) is 6.87. The molecule has 10 heteroatoms. The standard InChI is InChI=1S/C18H20BrN5O3S/c1-23-5-7-24(8-6-23)14-9-13(19)4-3-12(14)11-20-22-18-21-17(26)15(28-18)10-16(25)27-2/h3-4,9-11H,5-8H2,1-2H3,(H,21,22,26)/b15-10+,20-11?. The molecule has 2 saturated heterocycles. The van der Waals surface area contributed by atoms with Crippen LogP contribution in [0, 0.1) is 0 Å². The van der Waals surface area contributed by atoms with Crippen molar-refractivity contribution < 1.29 is 14.3 Å². The molecule has 1 amide bonds. The van der Waals surface area contributed by atoms with Crippen molar-refractivity contribution in [3.8, 4) is 0 Å². The number of benzene rings is 1. The summed E-state index contributed by atoms with van der Waals surface area (Å²) < 4.78 is 5.53. The number of nitrogens with zero attached hydrogens (tertiary/aromatic N) is 4. The molecule has 0 bridgehead atoms. The van der Waals surface area contributed by atoms with Crippen molar-refractivity contribution in [1.29, 1.82) is 0 Å². The number of ether oxygens (including phenoxy) is 1. The van der Waals surface area contributed by atoms with E-state index in [4.69, 9.17) is 0 Å². The Bertz CT molecular complexity index is 863. The molecule has 2 aliphatic heterocycles. The fourth-order valence-electron chi connectivity index (χ4n) is 2.73. The molecule has 2 heterocycles. The van der Waals surface area contributed by atoms with E-state index in [2.05, 4.69) is 59.1 Å². The Morgan fingerprint density at radius 3 is 2.79 bits per heavy atom. The van der Waals surface area contributed by atoms with E-state index < -0.39 is 11.9 Å². The number of anilines is 1. The first-order valence-corrected chi connectivity index (χ1v) is 10.2. The summed E-state index contributed by atoms with van der Waals surface area (Å²) in [5, 5.41) is 11.1. The van der Waals surface area contributed by atoms with E-state index in [1.807, 2.05) is 12.1 Å². The van der Waals surface area contributed by atoms with E-state index in [0.29, 0.717) is 5.17 Å². The van der Waals surface area contributed by atoms with Gasteiger partial charge < -0.3 is 14.5 Å². The molecular formula is C18H20BrN5O3S.